The van der Waals surface area contributed by atoms with Gasteiger partial charge in [-0.2, -0.15) is 5.10 Å². The topological polar surface area (TPSA) is 92.8 Å². The van der Waals surface area contributed by atoms with Crippen LogP contribution in [0.15, 0.2) is 101 Å². The molecule has 39 heavy (non-hydrogen) atoms. The molecule has 0 saturated carbocycles. The molecule has 1 aromatic heterocycles. The van der Waals surface area contributed by atoms with Crippen molar-refractivity contribution < 1.29 is 19.1 Å². The van der Waals surface area contributed by atoms with Crippen LogP contribution in [0.2, 0.25) is 5.02 Å². The van der Waals surface area contributed by atoms with Gasteiger partial charge in [0.2, 0.25) is 0 Å². The van der Waals surface area contributed by atoms with E-state index in [0.717, 1.165) is 26.5 Å². The number of nitrogens with one attached hydrogen (secondary N) is 2. The highest BCUT2D eigenvalue weighted by Gasteiger charge is 2.20. The number of para-hydroxylation sites is 2. The van der Waals surface area contributed by atoms with Crippen LogP contribution in [0.4, 0.5) is 0 Å². The summed E-state index contributed by atoms with van der Waals surface area (Å²) in [5.41, 5.74) is 6.08. The Hall–Kier alpha value is -4.40. The third-order valence-electron chi connectivity index (χ3n) is 5.95. The van der Waals surface area contributed by atoms with Gasteiger partial charge in [-0.15, -0.1) is 0 Å². The van der Waals surface area contributed by atoms with Crippen LogP contribution in [0, 0.1) is 0 Å². The van der Waals surface area contributed by atoms with Gasteiger partial charge in [0.1, 0.15) is 22.8 Å². The number of methoxy groups -OCH3 is 1. The molecule has 0 radical (unpaired) electrons. The molecule has 194 valence electrons. The second kappa shape index (κ2) is 11.6. The minimum Gasteiger partial charge on any atom is -0.496 e. The molecule has 0 bridgehead atoms. The number of aromatic amines is 1. The lowest BCUT2D eigenvalue weighted by Crippen LogP contribution is -2.19. The maximum Gasteiger partial charge on any atom is 0.347 e. The van der Waals surface area contributed by atoms with Crippen molar-refractivity contribution in [3.8, 4) is 22.6 Å². The summed E-state index contributed by atoms with van der Waals surface area (Å²) in [6.07, 6.45) is 1.41. The number of halogens is 2. The van der Waals surface area contributed by atoms with E-state index in [4.69, 9.17) is 21.1 Å². The lowest BCUT2D eigenvalue weighted by Gasteiger charge is -2.10. The Labute approximate surface area is 237 Å². The summed E-state index contributed by atoms with van der Waals surface area (Å²) >= 11 is 9.61. The number of aromatic nitrogens is 1. The average molecular weight is 603 g/mol. The number of esters is 1. The molecule has 9 heteroatoms. The first-order chi connectivity index (χ1) is 19.0. The largest absolute Gasteiger partial charge is 0.496 e. The molecule has 0 spiro atoms. The summed E-state index contributed by atoms with van der Waals surface area (Å²) in [6.45, 7) is 0. The predicted octanol–water partition coefficient (Wildman–Crippen LogP) is 7.24. The average Bonchev–Trinajstić information content (AvgIpc) is 3.35. The van der Waals surface area contributed by atoms with Crippen LogP contribution in [-0.2, 0) is 0 Å². The molecule has 0 atom stereocenters. The molecule has 0 aliphatic heterocycles. The molecular weight excluding hydrogens is 582 g/mol. The van der Waals surface area contributed by atoms with Gasteiger partial charge in [-0.3, -0.25) is 4.79 Å². The minimum atomic E-state index is -0.643. The summed E-state index contributed by atoms with van der Waals surface area (Å²) < 4.78 is 11.7. The number of H-pyrrole nitrogens is 1. The number of amides is 1. The van der Waals surface area contributed by atoms with Crippen molar-refractivity contribution in [3.63, 3.8) is 0 Å². The van der Waals surface area contributed by atoms with Gasteiger partial charge in [0.05, 0.1) is 18.8 Å². The molecule has 0 aliphatic carbocycles. The summed E-state index contributed by atoms with van der Waals surface area (Å²) in [7, 11) is 1.46. The van der Waals surface area contributed by atoms with Gasteiger partial charge >= 0.3 is 5.97 Å². The fourth-order valence-corrected chi connectivity index (χ4v) is 4.79. The first-order valence-corrected chi connectivity index (χ1v) is 13.0. The Balaban J connectivity index is 1.40. The van der Waals surface area contributed by atoms with Crippen LogP contribution in [0.1, 0.15) is 26.4 Å². The number of hydrogen-bond acceptors (Lipinski definition) is 5. The highest BCUT2D eigenvalue weighted by atomic mass is 79.9. The van der Waals surface area contributed by atoms with E-state index >= 15 is 0 Å². The van der Waals surface area contributed by atoms with Gasteiger partial charge in [0, 0.05) is 26.0 Å². The maximum atomic E-state index is 13.3. The van der Waals surface area contributed by atoms with E-state index in [2.05, 4.69) is 31.4 Å². The van der Waals surface area contributed by atoms with Gasteiger partial charge in [-0.05, 0) is 57.9 Å². The molecular formula is C30H21BrClN3O4. The SMILES string of the molecule is COc1ccc(Cl)cc1C(=O)Oc1ccccc1C=NNC(=O)c1[nH]c2c(Br)cccc2c1-c1ccccc1. The Morgan fingerprint density at radius 2 is 1.72 bits per heavy atom. The second-order valence-corrected chi connectivity index (χ2v) is 9.67. The lowest BCUT2D eigenvalue weighted by molar-refractivity contribution is 0.0730. The van der Waals surface area contributed by atoms with E-state index in [1.54, 1.807) is 36.4 Å². The third kappa shape index (κ3) is 5.57. The van der Waals surface area contributed by atoms with Crippen molar-refractivity contribution in [2.24, 2.45) is 5.10 Å². The van der Waals surface area contributed by atoms with Crippen molar-refractivity contribution in [3.05, 3.63) is 117 Å². The van der Waals surface area contributed by atoms with Gasteiger partial charge in [0.25, 0.3) is 5.91 Å². The monoisotopic (exact) mass is 601 g/mol. The Kier molecular flexibility index (Phi) is 7.76. The molecule has 5 rings (SSSR count). The van der Waals surface area contributed by atoms with Crippen LogP contribution in [0.25, 0.3) is 22.0 Å². The molecule has 0 unspecified atom stereocenters. The van der Waals surface area contributed by atoms with Gasteiger partial charge in [-0.1, -0.05) is 66.2 Å². The molecule has 4 aromatic carbocycles. The fraction of sp³-hybridized carbons (Fsp3) is 0.0333. The molecule has 0 fully saturated rings. The van der Waals surface area contributed by atoms with Gasteiger partial charge in [0.15, 0.2) is 0 Å². The maximum absolute atomic E-state index is 13.3. The molecule has 1 amide bonds. The Morgan fingerprint density at radius 3 is 2.51 bits per heavy atom. The highest BCUT2D eigenvalue weighted by molar-refractivity contribution is 9.10. The Bertz CT molecular complexity index is 1720. The van der Waals surface area contributed by atoms with Crippen molar-refractivity contribution >= 4 is 56.5 Å². The van der Waals surface area contributed by atoms with Crippen molar-refractivity contribution in [1.82, 2.24) is 10.4 Å². The van der Waals surface area contributed by atoms with Crippen molar-refractivity contribution in [2.75, 3.05) is 7.11 Å². The molecule has 1 heterocycles. The highest BCUT2D eigenvalue weighted by Crippen LogP contribution is 2.35. The third-order valence-corrected chi connectivity index (χ3v) is 6.84. The minimum absolute atomic E-state index is 0.184. The van der Waals surface area contributed by atoms with E-state index in [9.17, 15) is 9.59 Å². The first kappa shape index (κ1) is 26.2. The molecule has 2 N–H and O–H groups in total. The van der Waals surface area contributed by atoms with Crippen LogP contribution in [-0.4, -0.2) is 30.2 Å². The van der Waals surface area contributed by atoms with Crippen molar-refractivity contribution in [2.45, 2.75) is 0 Å². The quantitative estimate of drug-likeness (QED) is 0.0889. The normalized spacial score (nSPS) is 11.1. The standard InChI is InChI=1S/C30H21BrClN3O4/c1-38-25-15-14-20(32)16-22(25)30(37)39-24-13-6-5-10-19(24)17-33-35-29(36)28-26(18-8-3-2-4-9-18)21-11-7-12-23(31)27(21)34-28/h2-17,34H,1H3,(H,35,36). The number of benzene rings is 4. The molecule has 0 aliphatic rings. The zero-order valence-corrected chi connectivity index (χ0v) is 22.9. The zero-order valence-electron chi connectivity index (χ0n) is 20.6. The van der Waals surface area contributed by atoms with Gasteiger partial charge in [-0.25, -0.2) is 10.2 Å². The summed E-state index contributed by atoms with van der Waals surface area (Å²) in [5.74, 6) is -0.481. The summed E-state index contributed by atoms with van der Waals surface area (Å²) in [5, 5.41) is 5.42. The van der Waals surface area contributed by atoms with Gasteiger partial charge < -0.3 is 14.5 Å². The first-order valence-electron chi connectivity index (χ1n) is 11.8. The molecule has 5 aromatic rings. The fourth-order valence-electron chi connectivity index (χ4n) is 4.15. The van der Waals surface area contributed by atoms with E-state index in [0.29, 0.717) is 22.0 Å². The van der Waals surface area contributed by atoms with Crippen LogP contribution in [0.5, 0.6) is 11.5 Å². The number of rotatable bonds is 7. The van der Waals surface area contributed by atoms with Crippen LogP contribution in [0.3, 0.4) is 0 Å². The van der Waals surface area contributed by atoms with E-state index in [-0.39, 0.29) is 11.3 Å². The smallest absolute Gasteiger partial charge is 0.347 e. The van der Waals surface area contributed by atoms with E-state index in [1.807, 2.05) is 48.5 Å². The molecule has 7 nitrogen and oxygen atoms in total. The number of carbonyl (C=O) groups is 2. The zero-order chi connectivity index (χ0) is 27.4. The van der Waals surface area contributed by atoms with Crippen LogP contribution < -0.4 is 14.9 Å². The van der Waals surface area contributed by atoms with E-state index < -0.39 is 11.9 Å². The second-order valence-electron chi connectivity index (χ2n) is 8.37. The summed E-state index contributed by atoms with van der Waals surface area (Å²) in [6, 6.07) is 27.0. The number of fused-ring (bicyclic) bond motifs is 1. The molecule has 0 saturated heterocycles. The number of hydrogen-bond donors (Lipinski definition) is 2. The number of nitrogens with zero attached hydrogens (tertiary/aromatic N) is 1. The Morgan fingerprint density at radius 1 is 0.949 bits per heavy atom. The number of ether oxygens (including phenoxy) is 2. The predicted molar refractivity (Wildman–Crippen MR) is 156 cm³/mol. The van der Waals surface area contributed by atoms with Crippen LogP contribution >= 0.6 is 27.5 Å². The lowest BCUT2D eigenvalue weighted by atomic mass is 10.0. The summed E-state index contributed by atoms with van der Waals surface area (Å²) in [4.78, 5) is 29.4. The number of carbonyl (C=O) groups excluding carboxylic acids is 2. The number of hydrazone groups is 1. The van der Waals surface area contributed by atoms with E-state index in [1.165, 1.54) is 19.4 Å². The van der Waals surface area contributed by atoms with Crippen molar-refractivity contribution in [1.29, 1.82) is 0 Å².